The van der Waals surface area contributed by atoms with Crippen LogP contribution in [-0.2, 0) is 0 Å². The van der Waals surface area contributed by atoms with Gasteiger partial charge in [0.05, 0.1) is 16.6 Å². The Morgan fingerprint density at radius 1 is 1.12 bits per heavy atom. The Balaban J connectivity index is 2.68. The Morgan fingerprint density at radius 2 is 1.82 bits per heavy atom. The fourth-order valence-electron chi connectivity index (χ4n) is 1.56. The molecule has 2 aromatic carbocycles. The molecule has 0 heterocycles. The molecule has 0 saturated heterocycles. The van der Waals surface area contributed by atoms with E-state index in [0.717, 1.165) is 6.07 Å². The topological polar surface area (TPSA) is 43.1 Å². The number of hydrogen-bond donors (Lipinski definition) is 0. The Bertz CT molecular complexity index is 586. The molecule has 0 radical (unpaired) electrons. The normalized spacial score (nSPS) is 10.2. The predicted octanol–water partition coefficient (Wildman–Crippen LogP) is 4.05. The van der Waals surface area contributed by atoms with Crippen LogP contribution < -0.4 is 0 Å². The van der Waals surface area contributed by atoms with Crippen LogP contribution in [0, 0.1) is 15.9 Å². The minimum atomic E-state index is -0.646. The van der Waals surface area contributed by atoms with Gasteiger partial charge in [-0.2, -0.15) is 0 Å². The van der Waals surface area contributed by atoms with Gasteiger partial charge in [0, 0.05) is 10.6 Å². The van der Waals surface area contributed by atoms with Crippen molar-refractivity contribution in [3.05, 3.63) is 63.4 Å². The van der Waals surface area contributed by atoms with E-state index in [1.54, 1.807) is 24.3 Å². The molecule has 86 valence electrons. The van der Waals surface area contributed by atoms with Gasteiger partial charge in [-0.1, -0.05) is 29.8 Å². The summed E-state index contributed by atoms with van der Waals surface area (Å²) in [6.45, 7) is 0. The van der Waals surface area contributed by atoms with Crippen molar-refractivity contribution in [2.75, 3.05) is 0 Å². The SMILES string of the molecule is O=[N+]([O-])c1cc(F)ccc1-c1ccccc1Cl. The number of nitro benzene ring substituents is 1. The Labute approximate surface area is 102 Å². The highest BCUT2D eigenvalue weighted by molar-refractivity contribution is 6.33. The number of benzene rings is 2. The first-order valence-electron chi connectivity index (χ1n) is 4.78. The Hall–Kier alpha value is -1.94. The van der Waals surface area contributed by atoms with Crippen LogP contribution >= 0.6 is 11.6 Å². The molecule has 0 bridgehead atoms. The van der Waals surface area contributed by atoms with E-state index >= 15 is 0 Å². The first-order chi connectivity index (χ1) is 8.09. The smallest absolute Gasteiger partial charge is 0.258 e. The molecule has 3 nitrogen and oxygen atoms in total. The second-order valence-corrected chi connectivity index (χ2v) is 3.81. The van der Waals surface area contributed by atoms with E-state index in [9.17, 15) is 14.5 Å². The third kappa shape index (κ3) is 2.26. The highest BCUT2D eigenvalue weighted by Crippen LogP contribution is 2.34. The molecule has 17 heavy (non-hydrogen) atoms. The summed E-state index contributed by atoms with van der Waals surface area (Å²) in [4.78, 5) is 10.2. The number of rotatable bonds is 2. The third-order valence-corrected chi connectivity index (χ3v) is 2.65. The molecule has 5 heteroatoms. The molecule has 0 fully saturated rings. The summed E-state index contributed by atoms with van der Waals surface area (Å²) < 4.78 is 13.0. The average Bonchev–Trinajstić information content (AvgIpc) is 2.30. The van der Waals surface area contributed by atoms with Crippen LogP contribution in [0.15, 0.2) is 42.5 Å². The van der Waals surface area contributed by atoms with E-state index in [1.807, 2.05) is 0 Å². The van der Waals surface area contributed by atoms with Gasteiger partial charge in [0.2, 0.25) is 0 Å². The van der Waals surface area contributed by atoms with E-state index < -0.39 is 10.7 Å². The highest BCUT2D eigenvalue weighted by Gasteiger charge is 2.17. The largest absolute Gasteiger partial charge is 0.280 e. The molecular formula is C12H7ClFNO2. The van der Waals surface area contributed by atoms with Gasteiger partial charge in [-0.15, -0.1) is 0 Å². The summed E-state index contributed by atoms with van der Waals surface area (Å²) in [5.41, 5.74) is 0.529. The molecule has 2 aromatic rings. The monoisotopic (exact) mass is 251 g/mol. The number of nitrogens with zero attached hydrogens (tertiary/aromatic N) is 1. The molecule has 0 saturated carbocycles. The van der Waals surface area contributed by atoms with Gasteiger partial charge in [-0.05, 0) is 18.2 Å². The lowest BCUT2D eigenvalue weighted by Gasteiger charge is -2.05. The zero-order valence-electron chi connectivity index (χ0n) is 8.56. The van der Waals surface area contributed by atoms with Crippen LogP contribution in [0.25, 0.3) is 11.1 Å². The second-order valence-electron chi connectivity index (χ2n) is 3.40. The quantitative estimate of drug-likeness (QED) is 0.597. The molecule has 2 rings (SSSR count). The van der Waals surface area contributed by atoms with Crippen molar-refractivity contribution in [1.82, 2.24) is 0 Å². The minimum absolute atomic E-state index is 0.293. The summed E-state index contributed by atoms with van der Waals surface area (Å²) >= 11 is 5.96. The fourth-order valence-corrected chi connectivity index (χ4v) is 1.80. The van der Waals surface area contributed by atoms with Crippen molar-refractivity contribution in [2.24, 2.45) is 0 Å². The molecule has 0 unspecified atom stereocenters. The Kier molecular flexibility index (Phi) is 3.06. The van der Waals surface area contributed by atoms with Crippen LogP contribution in [-0.4, -0.2) is 4.92 Å². The average molecular weight is 252 g/mol. The lowest BCUT2D eigenvalue weighted by atomic mass is 10.0. The van der Waals surface area contributed by atoms with Crippen LogP contribution in [0.4, 0.5) is 10.1 Å². The van der Waals surface area contributed by atoms with Gasteiger partial charge >= 0.3 is 0 Å². The fraction of sp³-hybridized carbons (Fsp3) is 0. The van der Waals surface area contributed by atoms with Crippen molar-refractivity contribution in [1.29, 1.82) is 0 Å². The summed E-state index contributed by atoms with van der Waals surface area (Å²) in [5, 5.41) is 11.2. The van der Waals surface area contributed by atoms with Gasteiger partial charge < -0.3 is 0 Å². The zero-order valence-corrected chi connectivity index (χ0v) is 9.32. The molecule has 0 aromatic heterocycles. The van der Waals surface area contributed by atoms with Gasteiger partial charge in [-0.3, -0.25) is 10.1 Å². The van der Waals surface area contributed by atoms with Gasteiger partial charge in [0.1, 0.15) is 5.82 Å². The maximum Gasteiger partial charge on any atom is 0.280 e. The standard InChI is InChI=1S/C12H7ClFNO2/c13-11-4-2-1-3-9(11)10-6-5-8(14)7-12(10)15(16)17/h1-7H. The van der Waals surface area contributed by atoms with Crippen LogP contribution in [0.1, 0.15) is 0 Å². The third-order valence-electron chi connectivity index (χ3n) is 2.32. The highest BCUT2D eigenvalue weighted by atomic mass is 35.5. The van der Waals surface area contributed by atoms with Crippen molar-refractivity contribution < 1.29 is 9.31 Å². The second kappa shape index (κ2) is 4.51. The van der Waals surface area contributed by atoms with E-state index in [4.69, 9.17) is 11.6 Å². The molecule has 0 aliphatic heterocycles. The van der Waals surface area contributed by atoms with Gasteiger partial charge in [0.25, 0.3) is 5.69 Å². The molecule has 0 amide bonds. The Morgan fingerprint density at radius 3 is 2.47 bits per heavy atom. The molecule has 0 aliphatic carbocycles. The van der Waals surface area contributed by atoms with Crippen LogP contribution in [0.2, 0.25) is 5.02 Å². The number of hydrogen-bond acceptors (Lipinski definition) is 2. The molecular weight excluding hydrogens is 245 g/mol. The maximum atomic E-state index is 13.0. The van der Waals surface area contributed by atoms with Crippen LogP contribution in [0.3, 0.4) is 0 Å². The summed E-state index contributed by atoms with van der Waals surface area (Å²) in [7, 11) is 0. The molecule has 0 atom stereocenters. The van der Waals surface area contributed by atoms with E-state index in [2.05, 4.69) is 0 Å². The molecule has 0 aliphatic rings. The number of halogens is 2. The van der Waals surface area contributed by atoms with Crippen molar-refractivity contribution in [3.8, 4) is 11.1 Å². The lowest BCUT2D eigenvalue weighted by Crippen LogP contribution is -1.93. The van der Waals surface area contributed by atoms with E-state index in [0.29, 0.717) is 16.1 Å². The van der Waals surface area contributed by atoms with Gasteiger partial charge in [-0.25, -0.2) is 4.39 Å². The zero-order chi connectivity index (χ0) is 12.4. The molecule has 0 N–H and O–H groups in total. The van der Waals surface area contributed by atoms with E-state index in [-0.39, 0.29) is 5.69 Å². The predicted molar refractivity (Wildman–Crippen MR) is 63.5 cm³/mol. The van der Waals surface area contributed by atoms with Crippen molar-refractivity contribution in [3.63, 3.8) is 0 Å². The number of nitro groups is 1. The summed E-state index contributed by atoms with van der Waals surface area (Å²) in [5.74, 6) is -0.646. The van der Waals surface area contributed by atoms with Crippen molar-refractivity contribution in [2.45, 2.75) is 0 Å². The van der Waals surface area contributed by atoms with Crippen LogP contribution in [0.5, 0.6) is 0 Å². The summed E-state index contributed by atoms with van der Waals surface area (Å²) in [6, 6.07) is 10.1. The first kappa shape index (κ1) is 11.5. The van der Waals surface area contributed by atoms with Crippen molar-refractivity contribution >= 4 is 17.3 Å². The summed E-state index contributed by atoms with van der Waals surface area (Å²) in [6.07, 6.45) is 0. The first-order valence-corrected chi connectivity index (χ1v) is 5.16. The van der Waals surface area contributed by atoms with E-state index in [1.165, 1.54) is 12.1 Å². The maximum absolute atomic E-state index is 13.0. The minimum Gasteiger partial charge on any atom is -0.258 e. The lowest BCUT2D eigenvalue weighted by molar-refractivity contribution is -0.384. The molecule has 0 spiro atoms. The van der Waals surface area contributed by atoms with Gasteiger partial charge in [0.15, 0.2) is 0 Å².